The lowest BCUT2D eigenvalue weighted by atomic mass is 10.0. The Kier molecular flexibility index (Phi) is 4.78. The van der Waals surface area contributed by atoms with E-state index in [4.69, 9.17) is 22.0 Å². The molecule has 21 heavy (non-hydrogen) atoms. The molecule has 1 heterocycles. The van der Waals surface area contributed by atoms with Gasteiger partial charge in [-0.25, -0.2) is 9.79 Å². The third-order valence-corrected chi connectivity index (χ3v) is 4.21. The number of thioether (sulfide) groups is 1. The van der Waals surface area contributed by atoms with Crippen LogP contribution in [0.5, 0.6) is 0 Å². The number of aliphatic carboxylic acids is 1. The van der Waals surface area contributed by atoms with Crippen molar-refractivity contribution in [2.75, 3.05) is 0 Å². The van der Waals surface area contributed by atoms with E-state index in [1.165, 1.54) is 11.8 Å². The maximum atomic E-state index is 11.6. The van der Waals surface area contributed by atoms with E-state index in [-0.39, 0.29) is 5.04 Å². The first-order valence-corrected chi connectivity index (χ1v) is 7.23. The highest BCUT2D eigenvalue weighted by Crippen LogP contribution is 2.27. The molecule has 0 saturated carbocycles. The van der Waals surface area contributed by atoms with Crippen LogP contribution in [-0.4, -0.2) is 22.0 Å². The van der Waals surface area contributed by atoms with Crippen molar-refractivity contribution in [3.8, 4) is 6.07 Å². The van der Waals surface area contributed by atoms with Crippen molar-refractivity contribution in [1.29, 1.82) is 5.26 Å². The molecule has 1 aromatic rings. The molecule has 1 N–H and O–H groups in total. The molecule has 1 atom stereocenters. The third kappa shape index (κ3) is 3.51. The van der Waals surface area contributed by atoms with E-state index in [0.717, 1.165) is 11.6 Å². The fourth-order valence-electron chi connectivity index (χ4n) is 1.68. The SMILES string of the molecule is N#CC1C=C(C(=O)O)C(=O)N=C1SCc1ccccc1Cl. The molecule has 1 aliphatic heterocycles. The van der Waals surface area contributed by atoms with Gasteiger partial charge < -0.3 is 5.11 Å². The van der Waals surface area contributed by atoms with Crippen molar-refractivity contribution in [3.05, 3.63) is 46.5 Å². The Bertz CT molecular complexity index is 706. The molecule has 0 aliphatic carbocycles. The second kappa shape index (κ2) is 6.57. The van der Waals surface area contributed by atoms with Gasteiger partial charge in [0.05, 0.1) is 11.1 Å². The van der Waals surface area contributed by atoms with Crippen LogP contribution in [0.15, 0.2) is 40.9 Å². The fraction of sp³-hybridized carbons (Fsp3) is 0.143. The molecular formula is C14H9ClN2O3S. The lowest BCUT2D eigenvalue weighted by molar-refractivity contribution is -0.134. The molecule has 0 radical (unpaired) electrons. The number of dihydropyridines is 1. The molecule has 106 valence electrons. The van der Waals surface area contributed by atoms with Gasteiger partial charge in [-0.3, -0.25) is 4.79 Å². The number of aliphatic imine (C=N–C) groups is 1. The van der Waals surface area contributed by atoms with Crippen LogP contribution in [0.3, 0.4) is 0 Å². The second-order valence-corrected chi connectivity index (χ2v) is 5.53. The maximum absolute atomic E-state index is 11.6. The van der Waals surface area contributed by atoms with Gasteiger partial charge in [0.15, 0.2) is 0 Å². The van der Waals surface area contributed by atoms with Gasteiger partial charge in [-0.15, -0.1) is 11.8 Å². The van der Waals surface area contributed by atoms with Gasteiger partial charge in [-0.05, 0) is 17.7 Å². The highest BCUT2D eigenvalue weighted by atomic mass is 35.5. The Morgan fingerprint density at radius 2 is 2.19 bits per heavy atom. The predicted molar refractivity (Wildman–Crippen MR) is 80.0 cm³/mol. The van der Waals surface area contributed by atoms with Gasteiger partial charge in [-0.1, -0.05) is 29.8 Å². The average Bonchev–Trinajstić information content (AvgIpc) is 2.46. The van der Waals surface area contributed by atoms with Crippen molar-refractivity contribution < 1.29 is 14.7 Å². The zero-order valence-corrected chi connectivity index (χ0v) is 12.2. The fourth-order valence-corrected chi connectivity index (χ4v) is 2.97. The average molecular weight is 321 g/mol. The standard InChI is InChI=1S/C14H9ClN2O3S/c15-11-4-2-1-3-8(11)7-21-13-9(6-16)5-10(14(19)20)12(18)17-13/h1-5,9H,7H2,(H,19,20). The number of nitriles is 1. The number of carboxylic acids is 1. The summed E-state index contributed by atoms with van der Waals surface area (Å²) in [4.78, 5) is 26.2. The highest BCUT2D eigenvalue weighted by Gasteiger charge is 2.28. The Morgan fingerprint density at radius 1 is 1.48 bits per heavy atom. The normalized spacial score (nSPS) is 17.7. The molecule has 0 saturated heterocycles. The summed E-state index contributed by atoms with van der Waals surface area (Å²) in [5.41, 5.74) is 0.382. The summed E-state index contributed by atoms with van der Waals surface area (Å²) in [5.74, 6) is -2.60. The van der Waals surface area contributed by atoms with Gasteiger partial charge in [0.2, 0.25) is 0 Å². The van der Waals surface area contributed by atoms with Gasteiger partial charge in [0.25, 0.3) is 5.91 Å². The van der Waals surface area contributed by atoms with E-state index in [0.29, 0.717) is 10.8 Å². The lowest BCUT2D eigenvalue weighted by Gasteiger charge is -2.14. The molecule has 1 aliphatic rings. The minimum atomic E-state index is -1.38. The lowest BCUT2D eigenvalue weighted by Crippen LogP contribution is -2.22. The van der Waals surface area contributed by atoms with E-state index in [2.05, 4.69) is 4.99 Å². The Balaban J connectivity index is 2.16. The topological polar surface area (TPSA) is 90.5 Å². The Morgan fingerprint density at radius 3 is 2.81 bits per heavy atom. The first-order valence-electron chi connectivity index (χ1n) is 5.86. The minimum Gasteiger partial charge on any atom is -0.478 e. The maximum Gasteiger partial charge on any atom is 0.341 e. The molecule has 5 nitrogen and oxygen atoms in total. The molecule has 1 unspecified atom stereocenters. The van der Waals surface area contributed by atoms with Crippen molar-refractivity contribution in [1.82, 2.24) is 0 Å². The number of nitrogens with zero attached hydrogens (tertiary/aromatic N) is 2. The number of hydrogen-bond acceptors (Lipinski definition) is 4. The number of allylic oxidation sites excluding steroid dienone is 1. The first kappa shape index (κ1) is 15.3. The molecule has 0 aromatic heterocycles. The summed E-state index contributed by atoms with van der Waals surface area (Å²) < 4.78 is 0. The molecule has 0 fully saturated rings. The van der Waals surface area contributed by atoms with Crippen LogP contribution in [0.4, 0.5) is 0 Å². The van der Waals surface area contributed by atoms with E-state index in [1.54, 1.807) is 12.1 Å². The smallest absolute Gasteiger partial charge is 0.341 e. The summed E-state index contributed by atoms with van der Waals surface area (Å²) in [6, 6.07) is 9.15. The summed E-state index contributed by atoms with van der Waals surface area (Å²) >= 11 is 7.23. The van der Waals surface area contributed by atoms with Crippen LogP contribution in [0.2, 0.25) is 5.02 Å². The van der Waals surface area contributed by atoms with Crippen LogP contribution in [-0.2, 0) is 15.3 Å². The Labute approximate surface area is 129 Å². The highest BCUT2D eigenvalue weighted by molar-refractivity contribution is 8.13. The quantitative estimate of drug-likeness (QED) is 0.865. The number of carbonyl (C=O) groups excluding carboxylic acids is 1. The molecule has 1 aromatic carbocycles. The predicted octanol–water partition coefficient (Wildman–Crippen LogP) is 2.66. The minimum absolute atomic E-state index is 0.285. The number of hydrogen-bond donors (Lipinski definition) is 1. The third-order valence-electron chi connectivity index (χ3n) is 2.74. The monoisotopic (exact) mass is 320 g/mol. The van der Waals surface area contributed by atoms with E-state index in [9.17, 15) is 9.59 Å². The van der Waals surface area contributed by atoms with E-state index in [1.807, 2.05) is 18.2 Å². The summed E-state index contributed by atoms with van der Waals surface area (Å²) in [6.45, 7) is 0. The van der Waals surface area contributed by atoms with Crippen molar-refractivity contribution in [3.63, 3.8) is 0 Å². The van der Waals surface area contributed by atoms with Crippen molar-refractivity contribution in [2.24, 2.45) is 10.9 Å². The van der Waals surface area contributed by atoms with Crippen LogP contribution >= 0.6 is 23.4 Å². The largest absolute Gasteiger partial charge is 0.478 e. The summed E-state index contributed by atoms with van der Waals surface area (Å²) in [5, 5.41) is 18.8. The first-order chi connectivity index (χ1) is 10.0. The number of rotatable bonds is 3. The number of amides is 1. The van der Waals surface area contributed by atoms with Crippen LogP contribution in [0.1, 0.15) is 5.56 Å². The van der Waals surface area contributed by atoms with E-state index < -0.39 is 23.4 Å². The molecule has 7 heteroatoms. The van der Waals surface area contributed by atoms with Gasteiger partial charge in [-0.2, -0.15) is 5.26 Å². The number of benzene rings is 1. The molecule has 0 bridgehead atoms. The van der Waals surface area contributed by atoms with Crippen LogP contribution in [0, 0.1) is 17.2 Å². The van der Waals surface area contributed by atoms with Gasteiger partial charge in [0.1, 0.15) is 11.5 Å². The zero-order valence-electron chi connectivity index (χ0n) is 10.6. The number of halogens is 1. The molecule has 0 spiro atoms. The van der Waals surface area contributed by atoms with Gasteiger partial charge in [0, 0.05) is 10.8 Å². The zero-order chi connectivity index (χ0) is 15.4. The summed E-state index contributed by atoms with van der Waals surface area (Å²) in [6.07, 6.45) is 1.13. The van der Waals surface area contributed by atoms with Crippen LogP contribution in [0.25, 0.3) is 0 Å². The Hall–Kier alpha value is -2.10. The van der Waals surface area contributed by atoms with Crippen molar-refractivity contribution in [2.45, 2.75) is 5.75 Å². The van der Waals surface area contributed by atoms with Gasteiger partial charge >= 0.3 is 5.97 Å². The van der Waals surface area contributed by atoms with E-state index >= 15 is 0 Å². The van der Waals surface area contributed by atoms with Crippen molar-refractivity contribution >= 4 is 40.3 Å². The molecule has 2 rings (SSSR count). The summed E-state index contributed by atoms with van der Waals surface area (Å²) in [7, 11) is 0. The number of carboxylic acid groups (broad SMARTS) is 1. The molecule has 1 amide bonds. The van der Waals surface area contributed by atoms with Crippen LogP contribution < -0.4 is 0 Å². The molecular weight excluding hydrogens is 312 g/mol. The number of carbonyl (C=O) groups is 2. The second-order valence-electron chi connectivity index (χ2n) is 4.13.